The van der Waals surface area contributed by atoms with Crippen LogP contribution in [-0.2, 0) is 6.42 Å². The number of urea groups is 1. The smallest absolute Gasteiger partial charge is 0.326 e. The van der Waals surface area contributed by atoms with Gasteiger partial charge in [0.05, 0.1) is 16.4 Å². The van der Waals surface area contributed by atoms with Crippen molar-refractivity contribution in [1.29, 1.82) is 0 Å². The van der Waals surface area contributed by atoms with Crippen LogP contribution in [0.25, 0.3) is 0 Å². The lowest BCUT2D eigenvalue weighted by molar-refractivity contribution is 0.257. The lowest BCUT2D eigenvalue weighted by atomic mass is 10.1. The summed E-state index contributed by atoms with van der Waals surface area (Å²) in [7, 11) is 2.14. The van der Waals surface area contributed by atoms with Gasteiger partial charge in [0.1, 0.15) is 0 Å². The molecule has 0 bridgehead atoms. The van der Waals surface area contributed by atoms with E-state index in [0.29, 0.717) is 6.54 Å². The first-order chi connectivity index (χ1) is 13.0. The average molecular weight is 497 g/mol. The highest BCUT2D eigenvalue weighted by molar-refractivity contribution is 14.1. The Hall–Kier alpha value is -1.51. The average Bonchev–Trinajstić information content (AvgIpc) is 3.06. The number of likely N-dealkylation sites (N-methyl/N-ethyl adjacent to an activating group) is 1. The molecule has 2 heterocycles. The Kier molecular flexibility index (Phi) is 5.48. The Morgan fingerprint density at radius 3 is 2.44 bits per heavy atom. The number of amides is 2. The molecule has 2 aliphatic rings. The molecule has 1 fully saturated rings. The van der Waals surface area contributed by atoms with E-state index in [1.807, 2.05) is 35.2 Å². The number of fused-ring (bicyclic) bond motifs is 1. The van der Waals surface area contributed by atoms with Gasteiger partial charge < -0.3 is 15.1 Å². The van der Waals surface area contributed by atoms with Crippen LogP contribution < -0.4 is 15.1 Å². The van der Waals surface area contributed by atoms with Gasteiger partial charge in [-0.05, 0) is 78.0 Å². The summed E-state index contributed by atoms with van der Waals surface area (Å²) in [6.07, 6.45) is 0.832. The van der Waals surface area contributed by atoms with Crippen LogP contribution in [0.3, 0.4) is 0 Å². The number of nitrogens with zero attached hydrogens (tertiary/aromatic N) is 3. The fourth-order valence-electron chi connectivity index (χ4n) is 3.62. The molecule has 7 heteroatoms. The Bertz CT molecular complexity index is 850. The SMILES string of the molecule is CN1CCN(c2cc3c(cc2Cl)CCN3C(=O)Nc2ccc(I)cc2)CC1. The van der Waals surface area contributed by atoms with Gasteiger partial charge in [-0.1, -0.05) is 11.6 Å². The first kappa shape index (κ1) is 18.8. The van der Waals surface area contributed by atoms with E-state index in [1.54, 1.807) is 0 Å². The van der Waals surface area contributed by atoms with Gasteiger partial charge in [0.2, 0.25) is 0 Å². The number of anilines is 3. The molecule has 1 N–H and O–H groups in total. The highest BCUT2D eigenvalue weighted by atomic mass is 127. The minimum atomic E-state index is -0.0957. The van der Waals surface area contributed by atoms with Crippen LogP contribution >= 0.6 is 34.2 Å². The number of hydrogen-bond acceptors (Lipinski definition) is 3. The van der Waals surface area contributed by atoms with E-state index in [2.05, 4.69) is 50.8 Å². The van der Waals surface area contributed by atoms with Crippen molar-refractivity contribution < 1.29 is 4.79 Å². The Morgan fingerprint density at radius 2 is 1.74 bits per heavy atom. The van der Waals surface area contributed by atoms with Crippen molar-refractivity contribution in [3.63, 3.8) is 0 Å². The summed E-state index contributed by atoms with van der Waals surface area (Å²) in [5.41, 5.74) is 3.94. The van der Waals surface area contributed by atoms with E-state index >= 15 is 0 Å². The van der Waals surface area contributed by atoms with Crippen molar-refractivity contribution in [2.75, 3.05) is 54.9 Å². The van der Waals surface area contributed by atoms with Gasteiger partial charge in [0, 0.05) is 42.0 Å². The van der Waals surface area contributed by atoms with Crippen LogP contribution in [0.15, 0.2) is 36.4 Å². The summed E-state index contributed by atoms with van der Waals surface area (Å²) >= 11 is 8.83. The van der Waals surface area contributed by atoms with Crippen LogP contribution in [-0.4, -0.2) is 50.7 Å². The van der Waals surface area contributed by atoms with E-state index in [4.69, 9.17) is 11.6 Å². The second kappa shape index (κ2) is 7.85. The second-order valence-electron chi connectivity index (χ2n) is 7.06. The number of benzene rings is 2. The van der Waals surface area contributed by atoms with Crippen molar-refractivity contribution in [3.05, 3.63) is 50.6 Å². The molecule has 0 spiro atoms. The molecule has 0 aliphatic carbocycles. The Morgan fingerprint density at radius 1 is 1.04 bits per heavy atom. The zero-order chi connectivity index (χ0) is 19.0. The molecule has 2 amide bonds. The molecule has 0 radical (unpaired) electrons. The molecule has 4 rings (SSSR count). The summed E-state index contributed by atoms with van der Waals surface area (Å²) in [6.45, 7) is 4.61. The molecule has 1 saturated heterocycles. The van der Waals surface area contributed by atoms with E-state index in [1.165, 1.54) is 0 Å². The molecule has 2 aromatic carbocycles. The lowest BCUT2D eigenvalue weighted by Crippen LogP contribution is -2.44. The molecule has 2 aromatic rings. The van der Waals surface area contributed by atoms with E-state index in [-0.39, 0.29) is 6.03 Å². The second-order valence-corrected chi connectivity index (χ2v) is 8.71. The zero-order valence-corrected chi connectivity index (χ0v) is 18.1. The van der Waals surface area contributed by atoms with Gasteiger partial charge in [-0.25, -0.2) is 4.79 Å². The number of carbonyl (C=O) groups excluding carboxylic acids is 1. The summed E-state index contributed by atoms with van der Waals surface area (Å²) < 4.78 is 1.14. The molecular weight excluding hydrogens is 475 g/mol. The molecule has 0 aromatic heterocycles. The predicted molar refractivity (Wildman–Crippen MR) is 120 cm³/mol. The normalized spacial score (nSPS) is 17.1. The molecule has 0 unspecified atom stereocenters. The third kappa shape index (κ3) is 4.02. The maximum absolute atomic E-state index is 12.8. The number of halogens is 2. The largest absolute Gasteiger partial charge is 0.368 e. The van der Waals surface area contributed by atoms with E-state index < -0.39 is 0 Å². The number of piperazine rings is 1. The number of hydrogen-bond donors (Lipinski definition) is 1. The Labute approximate surface area is 178 Å². The Balaban J connectivity index is 1.56. The van der Waals surface area contributed by atoms with E-state index in [9.17, 15) is 4.79 Å². The fourth-order valence-corrected chi connectivity index (χ4v) is 4.29. The molecule has 142 valence electrons. The van der Waals surface area contributed by atoms with E-state index in [0.717, 1.165) is 63.8 Å². The van der Waals surface area contributed by atoms with Crippen molar-refractivity contribution in [2.45, 2.75) is 6.42 Å². The summed E-state index contributed by atoms with van der Waals surface area (Å²) in [6, 6.07) is 11.8. The summed E-state index contributed by atoms with van der Waals surface area (Å²) in [5, 5.41) is 3.78. The van der Waals surface area contributed by atoms with Crippen molar-refractivity contribution >= 4 is 57.3 Å². The third-order valence-electron chi connectivity index (χ3n) is 5.23. The van der Waals surface area contributed by atoms with Crippen LogP contribution in [0.4, 0.5) is 21.9 Å². The van der Waals surface area contributed by atoms with Crippen LogP contribution in [0.5, 0.6) is 0 Å². The van der Waals surface area contributed by atoms with Gasteiger partial charge in [-0.3, -0.25) is 4.90 Å². The molecule has 2 aliphatic heterocycles. The maximum Gasteiger partial charge on any atom is 0.326 e. The highest BCUT2D eigenvalue weighted by Gasteiger charge is 2.28. The summed E-state index contributed by atoms with van der Waals surface area (Å²) in [5.74, 6) is 0. The maximum atomic E-state index is 12.8. The molecule has 27 heavy (non-hydrogen) atoms. The topological polar surface area (TPSA) is 38.8 Å². The van der Waals surface area contributed by atoms with Crippen LogP contribution in [0.2, 0.25) is 5.02 Å². The minimum absolute atomic E-state index is 0.0957. The van der Waals surface area contributed by atoms with Gasteiger partial charge in [0.25, 0.3) is 0 Å². The van der Waals surface area contributed by atoms with Crippen LogP contribution in [0, 0.1) is 3.57 Å². The van der Waals surface area contributed by atoms with Gasteiger partial charge in [0.15, 0.2) is 0 Å². The summed E-state index contributed by atoms with van der Waals surface area (Å²) in [4.78, 5) is 19.3. The van der Waals surface area contributed by atoms with Crippen molar-refractivity contribution in [1.82, 2.24) is 4.90 Å². The standard InChI is InChI=1S/C20H22ClIN4O/c1-24-8-10-25(11-9-24)19-13-18-14(12-17(19)21)6-7-26(18)20(27)23-16-4-2-15(22)3-5-16/h2-5,12-13H,6-11H2,1H3,(H,23,27). The first-order valence-corrected chi connectivity index (χ1v) is 10.6. The van der Waals surface area contributed by atoms with Gasteiger partial charge in [-0.15, -0.1) is 0 Å². The third-order valence-corrected chi connectivity index (χ3v) is 6.25. The molecule has 0 atom stereocenters. The fraction of sp³-hybridized carbons (Fsp3) is 0.350. The first-order valence-electron chi connectivity index (χ1n) is 9.11. The molecular formula is C20H22ClIN4O. The van der Waals surface area contributed by atoms with Gasteiger partial charge in [-0.2, -0.15) is 0 Å². The van der Waals surface area contributed by atoms with Crippen molar-refractivity contribution in [2.24, 2.45) is 0 Å². The minimum Gasteiger partial charge on any atom is -0.368 e. The van der Waals surface area contributed by atoms with Gasteiger partial charge >= 0.3 is 6.03 Å². The van der Waals surface area contributed by atoms with Crippen molar-refractivity contribution in [3.8, 4) is 0 Å². The molecule has 0 saturated carbocycles. The number of carbonyl (C=O) groups is 1. The highest BCUT2D eigenvalue weighted by Crippen LogP contribution is 2.38. The zero-order valence-electron chi connectivity index (χ0n) is 15.2. The lowest BCUT2D eigenvalue weighted by Gasteiger charge is -2.35. The van der Waals surface area contributed by atoms with Crippen LogP contribution in [0.1, 0.15) is 5.56 Å². The number of nitrogens with one attached hydrogen (secondary N) is 1. The predicted octanol–water partition coefficient (Wildman–Crippen LogP) is 4.29. The monoisotopic (exact) mass is 496 g/mol. The number of rotatable bonds is 2. The molecule has 5 nitrogen and oxygen atoms in total. The quantitative estimate of drug-likeness (QED) is 0.631.